The van der Waals surface area contributed by atoms with Crippen molar-refractivity contribution < 1.29 is 23.1 Å². The Morgan fingerprint density at radius 1 is 1.25 bits per heavy atom. The van der Waals surface area contributed by atoms with E-state index in [-0.39, 0.29) is 5.56 Å². The molecule has 16 heavy (non-hydrogen) atoms. The zero-order valence-electron chi connectivity index (χ0n) is 8.37. The van der Waals surface area contributed by atoms with Crippen LogP contribution in [0, 0.1) is 11.6 Å². The summed E-state index contributed by atoms with van der Waals surface area (Å²) in [6.45, 7) is 1.26. The first-order valence-electron chi connectivity index (χ1n) is 4.36. The second kappa shape index (κ2) is 4.69. The van der Waals surface area contributed by atoms with Crippen LogP contribution in [-0.2, 0) is 9.53 Å². The topological polar surface area (TPSA) is 69.4 Å². The van der Waals surface area contributed by atoms with Crippen LogP contribution in [0.1, 0.15) is 17.3 Å². The van der Waals surface area contributed by atoms with Crippen LogP contribution in [0.3, 0.4) is 0 Å². The van der Waals surface area contributed by atoms with Gasteiger partial charge in [0, 0.05) is 6.07 Å². The molecule has 0 aliphatic heterocycles. The highest BCUT2D eigenvalue weighted by Gasteiger charge is 2.17. The third-order valence-electron chi connectivity index (χ3n) is 1.78. The lowest BCUT2D eigenvalue weighted by Gasteiger charge is -2.09. The minimum absolute atomic E-state index is 0.314. The third-order valence-corrected chi connectivity index (χ3v) is 1.78. The van der Waals surface area contributed by atoms with Gasteiger partial charge in [0.15, 0.2) is 6.10 Å². The van der Waals surface area contributed by atoms with Crippen molar-refractivity contribution in [3.05, 3.63) is 35.4 Å². The van der Waals surface area contributed by atoms with E-state index in [9.17, 15) is 18.4 Å². The molecular weight excluding hydrogens is 220 g/mol. The first-order valence-corrected chi connectivity index (χ1v) is 4.36. The Bertz CT molecular complexity index is 414. The summed E-state index contributed by atoms with van der Waals surface area (Å²) >= 11 is 0. The molecular formula is C10H9F2NO3. The second-order valence-electron chi connectivity index (χ2n) is 3.11. The Morgan fingerprint density at radius 3 is 2.19 bits per heavy atom. The van der Waals surface area contributed by atoms with Crippen molar-refractivity contribution in [2.24, 2.45) is 5.73 Å². The minimum atomic E-state index is -1.15. The molecule has 2 N–H and O–H groups in total. The number of hydrogen-bond acceptors (Lipinski definition) is 3. The monoisotopic (exact) mass is 229 g/mol. The van der Waals surface area contributed by atoms with Crippen molar-refractivity contribution in [2.75, 3.05) is 0 Å². The number of benzene rings is 1. The van der Waals surface area contributed by atoms with E-state index in [1.807, 2.05) is 0 Å². The number of esters is 1. The van der Waals surface area contributed by atoms with Gasteiger partial charge in [0.2, 0.25) is 0 Å². The Morgan fingerprint density at radius 2 is 1.75 bits per heavy atom. The fourth-order valence-electron chi connectivity index (χ4n) is 0.958. The summed E-state index contributed by atoms with van der Waals surface area (Å²) in [6, 6.07) is 2.23. The van der Waals surface area contributed by atoms with Crippen LogP contribution >= 0.6 is 0 Å². The van der Waals surface area contributed by atoms with E-state index in [1.54, 1.807) is 0 Å². The van der Waals surface area contributed by atoms with Crippen molar-refractivity contribution in [1.29, 1.82) is 0 Å². The summed E-state index contributed by atoms with van der Waals surface area (Å²) in [4.78, 5) is 21.9. The van der Waals surface area contributed by atoms with Gasteiger partial charge in [0.05, 0.1) is 5.56 Å². The molecule has 1 rings (SSSR count). The molecule has 0 spiro atoms. The summed E-state index contributed by atoms with van der Waals surface area (Å²) in [5.41, 5.74) is 4.54. The number of hydrogen-bond donors (Lipinski definition) is 1. The molecule has 0 aliphatic carbocycles. The Balaban J connectivity index is 2.84. The van der Waals surface area contributed by atoms with E-state index in [4.69, 9.17) is 5.73 Å². The first-order chi connectivity index (χ1) is 7.40. The number of amides is 1. The van der Waals surface area contributed by atoms with E-state index in [2.05, 4.69) is 4.74 Å². The number of ether oxygens (including phenoxy) is 1. The lowest BCUT2D eigenvalue weighted by molar-refractivity contribution is -0.125. The first kappa shape index (κ1) is 12.1. The van der Waals surface area contributed by atoms with E-state index in [0.717, 1.165) is 12.1 Å². The molecule has 0 saturated carbocycles. The zero-order chi connectivity index (χ0) is 12.3. The molecule has 1 amide bonds. The largest absolute Gasteiger partial charge is 0.449 e. The molecule has 0 fully saturated rings. The van der Waals surface area contributed by atoms with Crippen LogP contribution in [-0.4, -0.2) is 18.0 Å². The molecule has 6 heteroatoms. The van der Waals surface area contributed by atoms with Gasteiger partial charge in [-0.15, -0.1) is 0 Å². The molecule has 0 bridgehead atoms. The van der Waals surface area contributed by atoms with Crippen LogP contribution in [0.5, 0.6) is 0 Å². The average Bonchev–Trinajstić information content (AvgIpc) is 2.15. The van der Waals surface area contributed by atoms with E-state index < -0.39 is 29.6 Å². The highest BCUT2D eigenvalue weighted by molar-refractivity contribution is 5.91. The lowest BCUT2D eigenvalue weighted by atomic mass is 10.2. The van der Waals surface area contributed by atoms with Crippen LogP contribution in [0.15, 0.2) is 18.2 Å². The molecule has 0 saturated heterocycles. The summed E-state index contributed by atoms with van der Waals surface area (Å²) in [6.07, 6.45) is -1.15. The SMILES string of the molecule is C[C@@H](OC(=O)c1cc(F)cc(F)c1)C(N)=O. The quantitative estimate of drug-likeness (QED) is 0.786. The number of carbonyl (C=O) groups is 2. The highest BCUT2D eigenvalue weighted by Crippen LogP contribution is 2.10. The van der Waals surface area contributed by atoms with Gasteiger partial charge < -0.3 is 10.5 Å². The van der Waals surface area contributed by atoms with Crippen LogP contribution in [0.4, 0.5) is 8.78 Å². The maximum Gasteiger partial charge on any atom is 0.339 e. The van der Waals surface area contributed by atoms with E-state index >= 15 is 0 Å². The van der Waals surface area contributed by atoms with Crippen LogP contribution < -0.4 is 5.73 Å². The fraction of sp³-hybridized carbons (Fsp3) is 0.200. The Kier molecular flexibility index (Phi) is 3.55. The molecule has 0 radical (unpaired) electrons. The maximum atomic E-state index is 12.7. The van der Waals surface area contributed by atoms with Gasteiger partial charge in [0.25, 0.3) is 5.91 Å². The number of primary amides is 1. The van der Waals surface area contributed by atoms with Gasteiger partial charge in [-0.25, -0.2) is 13.6 Å². The maximum absolute atomic E-state index is 12.7. The molecule has 0 aliphatic rings. The molecule has 0 aromatic heterocycles. The predicted molar refractivity (Wildman–Crippen MR) is 50.4 cm³/mol. The predicted octanol–water partition coefficient (Wildman–Crippen LogP) is 0.995. The summed E-state index contributed by atoms with van der Waals surface area (Å²) in [5, 5.41) is 0. The molecule has 0 heterocycles. The molecule has 1 atom stereocenters. The van der Waals surface area contributed by atoms with Gasteiger partial charge in [-0.05, 0) is 19.1 Å². The summed E-state index contributed by atoms with van der Waals surface area (Å²) in [5.74, 6) is -3.66. The van der Waals surface area contributed by atoms with Crippen molar-refractivity contribution in [1.82, 2.24) is 0 Å². The zero-order valence-corrected chi connectivity index (χ0v) is 8.37. The lowest BCUT2D eigenvalue weighted by Crippen LogP contribution is -2.30. The Hall–Kier alpha value is -1.98. The average molecular weight is 229 g/mol. The van der Waals surface area contributed by atoms with Crippen molar-refractivity contribution in [2.45, 2.75) is 13.0 Å². The highest BCUT2D eigenvalue weighted by atomic mass is 19.1. The smallest absolute Gasteiger partial charge is 0.339 e. The number of rotatable bonds is 3. The van der Waals surface area contributed by atoms with E-state index in [0.29, 0.717) is 6.07 Å². The minimum Gasteiger partial charge on any atom is -0.449 e. The Labute approximate surface area is 90.0 Å². The summed E-state index contributed by atoms with van der Waals surface area (Å²) < 4.78 is 30.1. The van der Waals surface area contributed by atoms with Crippen LogP contribution in [0.2, 0.25) is 0 Å². The van der Waals surface area contributed by atoms with Gasteiger partial charge in [0.1, 0.15) is 11.6 Å². The van der Waals surface area contributed by atoms with Crippen molar-refractivity contribution in [3.63, 3.8) is 0 Å². The molecule has 1 aromatic carbocycles. The number of nitrogens with two attached hydrogens (primary N) is 1. The molecule has 4 nitrogen and oxygen atoms in total. The van der Waals surface area contributed by atoms with Gasteiger partial charge in [-0.2, -0.15) is 0 Å². The van der Waals surface area contributed by atoms with Crippen LogP contribution in [0.25, 0.3) is 0 Å². The normalized spacial score (nSPS) is 11.9. The second-order valence-corrected chi connectivity index (χ2v) is 3.11. The van der Waals surface area contributed by atoms with Gasteiger partial charge in [-0.1, -0.05) is 0 Å². The van der Waals surface area contributed by atoms with E-state index in [1.165, 1.54) is 6.92 Å². The fourth-order valence-corrected chi connectivity index (χ4v) is 0.958. The molecule has 0 unspecified atom stereocenters. The standard InChI is InChI=1S/C10H9F2NO3/c1-5(9(13)14)16-10(15)6-2-7(11)4-8(12)3-6/h2-5H,1H3,(H2,13,14)/t5-/m1/s1. The molecule has 86 valence electrons. The van der Waals surface area contributed by atoms with Crippen molar-refractivity contribution in [3.8, 4) is 0 Å². The molecule has 1 aromatic rings. The van der Waals surface area contributed by atoms with Gasteiger partial charge in [-0.3, -0.25) is 4.79 Å². The number of halogens is 2. The van der Waals surface area contributed by atoms with Crippen molar-refractivity contribution >= 4 is 11.9 Å². The third kappa shape index (κ3) is 3.01. The number of carbonyl (C=O) groups excluding carboxylic acids is 2. The van der Waals surface area contributed by atoms with Gasteiger partial charge >= 0.3 is 5.97 Å². The summed E-state index contributed by atoms with van der Waals surface area (Å²) in [7, 11) is 0.